The maximum Gasteiger partial charge on any atom is 0.372 e. The molecule has 1 fully saturated rings. The summed E-state index contributed by atoms with van der Waals surface area (Å²) in [6, 6.07) is 0.907. The SMILES string of the molecule is COc1ncnc(NCC(C)N(C)C2CC2)c1[N+](=O)[O-]. The highest BCUT2D eigenvalue weighted by molar-refractivity contribution is 5.61. The molecule has 0 bridgehead atoms. The number of nitro groups is 1. The second-order valence-corrected chi connectivity index (χ2v) is 4.96. The molecule has 1 atom stereocenters. The molecule has 8 nitrogen and oxygen atoms in total. The first-order chi connectivity index (χ1) is 9.54. The molecular formula is C12H19N5O3. The fourth-order valence-electron chi connectivity index (χ4n) is 2.04. The second kappa shape index (κ2) is 6.00. The Hall–Kier alpha value is -1.96. The summed E-state index contributed by atoms with van der Waals surface area (Å²) in [6.07, 6.45) is 3.70. The molecule has 1 aromatic heterocycles. The first-order valence-electron chi connectivity index (χ1n) is 6.53. The van der Waals surface area contributed by atoms with Crippen LogP contribution >= 0.6 is 0 Å². The lowest BCUT2D eigenvalue weighted by Gasteiger charge is -2.24. The maximum absolute atomic E-state index is 11.1. The van der Waals surface area contributed by atoms with Gasteiger partial charge in [-0.05, 0) is 26.8 Å². The van der Waals surface area contributed by atoms with Crippen molar-refractivity contribution in [2.45, 2.75) is 31.8 Å². The van der Waals surface area contributed by atoms with Crippen LogP contribution in [0, 0.1) is 10.1 Å². The molecule has 0 aliphatic heterocycles. The third kappa shape index (κ3) is 3.13. The lowest BCUT2D eigenvalue weighted by atomic mass is 10.3. The van der Waals surface area contributed by atoms with Crippen molar-refractivity contribution in [3.63, 3.8) is 0 Å². The highest BCUT2D eigenvalue weighted by atomic mass is 16.6. The van der Waals surface area contributed by atoms with Crippen LogP contribution in [0.1, 0.15) is 19.8 Å². The number of ether oxygens (including phenoxy) is 1. The van der Waals surface area contributed by atoms with Crippen molar-refractivity contribution < 1.29 is 9.66 Å². The largest absolute Gasteiger partial charge is 0.476 e. The number of likely N-dealkylation sites (N-methyl/N-ethyl adjacent to an activating group) is 1. The number of rotatable bonds is 7. The van der Waals surface area contributed by atoms with Crippen molar-refractivity contribution in [1.29, 1.82) is 0 Å². The van der Waals surface area contributed by atoms with Gasteiger partial charge in [0.05, 0.1) is 12.0 Å². The molecule has 0 radical (unpaired) electrons. The van der Waals surface area contributed by atoms with Crippen molar-refractivity contribution in [2.24, 2.45) is 0 Å². The highest BCUT2D eigenvalue weighted by Gasteiger charge is 2.30. The number of hydrogen-bond donors (Lipinski definition) is 1. The minimum atomic E-state index is -0.531. The van der Waals surface area contributed by atoms with Gasteiger partial charge in [0.1, 0.15) is 6.33 Å². The molecule has 0 aromatic carbocycles. The standard InChI is InChI=1S/C12H19N5O3/c1-8(16(2)9-4-5-9)6-13-11-10(17(18)19)12(20-3)15-7-14-11/h7-9H,4-6H2,1-3H3,(H,13,14,15). The number of methoxy groups -OCH3 is 1. The molecule has 1 heterocycles. The van der Waals surface area contributed by atoms with Crippen molar-refractivity contribution in [1.82, 2.24) is 14.9 Å². The average Bonchev–Trinajstić information content (AvgIpc) is 3.27. The molecule has 1 aliphatic carbocycles. The minimum absolute atomic E-state index is 0.0318. The minimum Gasteiger partial charge on any atom is -0.476 e. The van der Waals surface area contributed by atoms with Crippen LogP contribution in [0.5, 0.6) is 5.88 Å². The van der Waals surface area contributed by atoms with Gasteiger partial charge < -0.3 is 10.1 Å². The van der Waals surface area contributed by atoms with Gasteiger partial charge in [0, 0.05) is 18.6 Å². The van der Waals surface area contributed by atoms with Crippen LogP contribution in [0.25, 0.3) is 0 Å². The Balaban J connectivity index is 2.06. The Morgan fingerprint density at radius 3 is 2.85 bits per heavy atom. The number of anilines is 1. The van der Waals surface area contributed by atoms with Gasteiger partial charge in [0.25, 0.3) is 5.88 Å². The number of nitrogens with zero attached hydrogens (tertiary/aromatic N) is 4. The van der Waals surface area contributed by atoms with Crippen LogP contribution in [-0.4, -0.2) is 52.6 Å². The Morgan fingerprint density at radius 2 is 2.30 bits per heavy atom. The monoisotopic (exact) mass is 281 g/mol. The quantitative estimate of drug-likeness (QED) is 0.594. The Bertz CT molecular complexity index is 492. The van der Waals surface area contributed by atoms with Crippen molar-refractivity contribution in [3.8, 4) is 5.88 Å². The summed E-state index contributed by atoms with van der Waals surface area (Å²) in [7, 11) is 3.42. The third-order valence-corrected chi connectivity index (χ3v) is 3.55. The molecule has 1 aromatic rings. The summed E-state index contributed by atoms with van der Waals surface area (Å²) < 4.78 is 4.91. The average molecular weight is 281 g/mol. The summed E-state index contributed by atoms with van der Waals surface area (Å²) in [5.74, 6) is 0.161. The summed E-state index contributed by atoms with van der Waals surface area (Å²) >= 11 is 0. The molecule has 2 rings (SSSR count). The van der Waals surface area contributed by atoms with E-state index in [0.717, 1.165) is 0 Å². The molecule has 1 saturated carbocycles. The van der Waals surface area contributed by atoms with Gasteiger partial charge in [-0.1, -0.05) is 0 Å². The summed E-state index contributed by atoms with van der Waals surface area (Å²) in [4.78, 5) is 20.5. The smallest absolute Gasteiger partial charge is 0.372 e. The van der Waals surface area contributed by atoms with E-state index in [1.807, 2.05) is 0 Å². The zero-order valence-corrected chi connectivity index (χ0v) is 11.9. The van der Waals surface area contributed by atoms with E-state index < -0.39 is 4.92 Å². The van der Waals surface area contributed by atoms with E-state index in [4.69, 9.17) is 4.74 Å². The number of nitrogens with one attached hydrogen (secondary N) is 1. The topological polar surface area (TPSA) is 93.4 Å². The lowest BCUT2D eigenvalue weighted by molar-refractivity contribution is -0.385. The van der Waals surface area contributed by atoms with Crippen molar-refractivity contribution in [3.05, 3.63) is 16.4 Å². The summed E-state index contributed by atoms with van der Waals surface area (Å²) in [5, 5.41) is 14.1. The van der Waals surface area contributed by atoms with E-state index in [-0.39, 0.29) is 23.4 Å². The van der Waals surface area contributed by atoms with E-state index in [0.29, 0.717) is 12.6 Å². The zero-order valence-electron chi connectivity index (χ0n) is 11.9. The van der Waals surface area contributed by atoms with Crippen LogP contribution in [0.2, 0.25) is 0 Å². The van der Waals surface area contributed by atoms with Crippen LogP contribution < -0.4 is 10.1 Å². The third-order valence-electron chi connectivity index (χ3n) is 3.55. The highest BCUT2D eigenvalue weighted by Crippen LogP contribution is 2.31. The fraction of sp³-hybridized carbons (Fsp3) is 0.667. The molecule has 8 heteroatoms. The Kier molecular flexibility index (Phi) is 4.33. The molecule has 0 spiro atoms. The lowest BCUT2D eigenvalue weighted by Crippen LogP contribution is -2.36. The summed E-state index contributed by atoms with van der Waals surface area (Å²) in [5.41, 5.74) is -0.226. The van der Waals surface area contributed by atoms with Gasteiger partial charge in [0.2, 0.25) is 5.82 Å². The number of hydrogen-bond acceptors (Lipinski definition) is 7. The predicted octanol–water partition coefficient (Wildman–Crippen LogP) is 1.29. The predicted molar refractivity (Wildman–Crippen MR) is 74.0 cm³/mol. The molecule has 1 aliphatic rings. The van der Waals surface area contributed by atoms with Gasteiger partial charge in [0.15, 0.2) is 0 Å². The first kappa shape index (κ1) is 14.4. The van der Waals surface area contributed by atoms with Gasteiger partial charge >= 0.3 is 5.69 Å². The Labute approximate surface area is 117 Å². The molecule has 0 saturated heterocycles. The van der Waals surface area contributed by atoms with Gasteiger partial charge in [-0.15, -0.1) is 0 Å². The van der Waals surface area contributed by atoms with Gasteiger partial charge in [-0.3, -0.25) is 15.0 Å². The van der Waals surface area contributed by atoms with Crippen LogP contribution in [-0.2, 0) is 0 Å². The van der Waals surface area contributed by atoms with E-state index >= 15 is 0 Å². The van der Waals surface area contributed by atoms with E-state index in [9.17, 15) is 10.1 Å². The zero-order chi connectivity index (χ0) is 14.7. The fourth-order valence-corrected chi connectivity index (χ4v) is 2.04. The molecule has 110 valence electrons. The summed E-state index contributed by atoms with van der Waals surface area (Å²) in [6.45, 7) is 2.66. The van der Waals surface area contributed by atoms with E-state index in [1.54, 1.807) is 0 Å². The van der Waals surface area contributed by atoms with Crippen LogP contribution in [0.3, 0.4) is 0 Å². The van der Waals surface area contributed by atoms with Gasteiger partial charge in [-0.2, -0.15) is 4.98 Å². The second-order valence-electron chi connectivity index (χ2n) is 4.96. The maximum atomic E-state index is 11.1. The number of aromatic nitrogens is 2. The van der Waals surface area contributed by atoms with Crippen LogP contribution in [0.4, 0.5) is 11.5 Å². The van der Waals surface area contributed by atoms with Crippen molar-refractivity contribution in [2.75, 3.05) is 26.0 Å². The van der Waals surface area contributed by atoms with E-state index in [2.05, 4.69) is 34.2 Å². The molecule has 0 amide bonds. The molecule has 1 N–H and O–H groups in total. The van der Waals surface area contributed by atoms with Crippen LogP contribution in [0.15, 0.2) is 6.33 Å². The van der Waals surface area contributed by atoms with Gasteiger partial charge in [-0.25, -0.2) is 4.98 Å². The van der Waals surface area contributed by atoms with Crippen molar-refractivity contribution >= 4 is 11.5 Å². The normalized spacial score (nSPS) is 16.0. The molecular weight excluding hydrogens is 262 g/mol. The molecule has 1 unspecified atom stereocenters. The first-order valence-corrected chi connectivity index (χ1v) is 6.53. The molecule has 20 heavy (non-hydrogen) atoms. The van der Waals surface area contributed by atoms with E-state index in [1.165, 1.54) is 26.3 Å². The Morgan fingerprint density at radius 1 is 1.60 bits per heavy atom.